The number of methoxy groups -OCH3 is 1. The zero-order chi connectivity index (χ0) is 38.4. The highest BCUT2D eigenvalue weighted by atomic mass is 127. The summed E-state index contributed by atoms with van der Waals surface area (Å²) in [6.07, 6.45) is -0.959. The maximum atomic E-state index is 14.2. The molecule has 1 atom stereocenters. The molecule has 2 amide bonds. The normalized spacial score (nSPS) is 11.3. The number of ether oxygens (including phenoxy) is 1. The van der Waals surface area contributed by atoms with Gasteiger partial charge in [0, 0.05) is 20.7 Å². The zero-order valence-electron chi connectivity index (χ0n) is 26.8. The number of rotatable bonds is 15. The second-order valence-electron chi connectivity index (χ2n) is 10.2. The molecule has 0 bridgehead atoms. The average molecular weight is 962 g/mol. The Bertz CT molecular complexity index is 1860. The Morgan fingerprint density at radius 2 is 1.12 bits per heavy atom. The predicted molar refractivity (Wildman–Crippen MR) is 194 cm³/mol. The van der Waals surface area contributed by atoms with E-state index in [-0.39, 0.29) is 48.7 Å². The predicted octanol–water partition coefficient (Wildman–Crippen LogP) is 6.62. The Morgan fingerprint density at radius 3 is 1.52 bits per heavy atom. The molecule has 280 valence electrons. The van der Waals surface area contributed by atoms with Gasteiger partial charge in [0.1, 0.15) is 11.6 Å². The number of hydrogen-bond acceptors (Lipinski definition) is 9. The van der Waals surface area contributed by atoms with Crippen LogP contribution >= 0.6 is 45.2 Å². The second kappa shape index (κ2) is 21.1. The smallest absolute Gasteiger partial charge is 0.277 e. The lowest BCUT2D eigenvalue weighted by molar-refractivity contribution is 0.00704. The van der Waals surface area contributed by atoms with Crippen molar-refractivity contribution in [2.24, 2.45) is 0 Å². The van der Waals surface area contributed by atoms with Gasteiger partial charge in [-0.2, -0.15) is 0 Å². The van der Waals surface area contributed by atoms with E-state index in [0.717, 1.165) is 24.3 Å². The Hall–Kier alpha value is -3.74. The van der Waals surface area contributed by atoms with Crippen molar-refractivity contribution in [3.63, 3.8) is 0 Å². The molecule has 11 nitrogen and oxygen atoms in total. The van der Waals surface area contributed by atoms with Gasteiger partial charge in [-0.15, -0.1) is 0 Å². The summed E-state index contributed by atoms with van der Waals surface area (Å²) in [6.45, 7) is -0.279. The van der Waals surface area contributed by atoms with E-state index in [0.29, 0.717) is 7.14 Å². The molecule has 0 heterocycles. The van der Waals surface area contributed by atoms with Crippen LogP contribution < -0.4 is 21.6 Å². The summed E-state index contributed by atoms with van der Waals surface area (Å²) in [7, 11) is 1.46. The molecule has 0 aliphatic heterocycles. The van der Waals surface area contributed by atoms with E-state index in [1.807, 2.05) is 50.7 Å². The van der Waals surface area contributed by atoms with Gasteiger partial charge in [-0.1, -0.05) is 0 Å². The molecule has 19 heteroatoms. The van der Waals surface area contributed by atoms with Gasteiger partial charge in [0.05, 0.1) is 66.4 Å². The Morgan fingerprint density at radius 1 is 0.673 bits per heavy atom. The quantitative estimate of drug-likeness (QED) is 0.0335. The van der Waals surface area contributed by atoms with E-state index < -0.39 is 70.8 Å². The molecule has 0 radical (unpaired) electrons. The highest BCUT2D eigenvalue weighted by molar-refractivity contribution is 14.1. The van der Waals surface area contributed by atoms with Crippen molar-refractivity contribution < 1.29 is 60.6 Å². The summed E-state index contributed by atoms with van der Waals surface area (Å²) in [5.41, 5.74) is 2.28. The van der Waals surface area contributed by atoms with Crippen LogP contribution in [0.3, 0.4) is 0 Å². The number of aliphatic hydroxyl groups is 2. The first kappa shape index (κ1) is 42.7. The van der Waals surface area contributed by atoms with Crippen molar-refractivity contribution in [1.82, 2.24) is 11.0 Å². The number of carbonyl (C=O) groups is 2. The highest BCUT2D eigenvalue weighted by Crippen LogP contribution is 2.30. The first-order valence-electron chi connectivity index (χ1n) is 14.8. The lowest BCUT2D eigenvalue weighted by Crippen LogP contribution is -2.27. The SMILES string of the molecule is COCCONC(=O)c1ccc(F)c(F)c1Nc1ccc(I)cc1F.O=C(NOCCC(O)CO)c1ccc(F)c(F)c1Nc1ccc(I)cc1F. The van der Waals surface area contributed by atoms with Gasteiger partial charge in [-0.25, -0.2) is 37.3 Å². The summed E-state index contributed by atoms with van der Waals surface area (Å²) in [4.78, 5) is 34.0. The number of nitrogens with one attached hydrogen (secondary N) is 4. The summed E-state index contributed by atoms with van der Waals surface area (Å²) in [6, 6.07) is 11.9. The number of aliphatic hydroxyl groups excluding tert-OH is 2. The molecule has 52 heavy (non-hydrogen) atoms. The molecule has 0 aromatic heterocycles. The van der Waals surface area contributed by atoms with E-state index in [4.69, 9.17) is 19.5 Å². The van der Waals surface area contributed by atoms with E-state index in [1.165, 1.54) is 31.4 Å². The van der Waals surface area contributed by atoms with E-state index in [1.54, 1.807) is 12.1 Å². The molecule has 4 aromatic carbocycles. The van der Waals surface area contributed by atoms with Crippen LogP contribution in [0.1, 0.15) is 27.1 Å². The van der Waals surface area contributed by atoms with E-state index in [9.17, 15) is 41.0 Å². The van der Waals surface area contributed by atoms with Crippen LogP contribution in [0.4, 0.5) is 49.1 Å². The van der Waals surface area contributed by atoms with Crippen molar-refractivity contribution in [2.45, 2.75) is 12.5 Å². The zero-order valence-corrected chi connectivity index (χ0v) is 31.2. The summed E-state index contributed by atoms with van der Waals surface area (Å²) < 4.78 is 89.5. The third-order valence-corrected chi connectivity index (χ3v) is 7.89. The van der Waals surface area contributed by atoms with Gasteiger partial charge in [-0.05, 0) is 106 Å². The van der Waals surface area contributed by atoms with Crippen LogP contribution in [0.25, 0.3) is 0 Å². The number of amides is 2. The molecule has 1 unspecified atom stereocenters. The summed E-state index contributed by atoms with van der Waals surface area (Å²) in [5, 5.41) is 22.7. The van der Waals surface area contributed by atoms with Gasteiger partial charge in [0.2, 0.25) is 0 Å². The molecule has 0 saturated carbocycles. The van der Waals surface area contributed by atoms with Crippen molar-refractivity contribution in [2.75, 3.05) is 44.2 Å². The maximum absolute atomic E-state index is 14.2. The number of anilines is 4. The van der Waals surface area contributed by atoms with Crippen molar-refractivity contribution >= 4 is 79.7 Å². The van der Waals surface area contributed by atoms with Crippen LogP contribution in [0.2, 0.25) is 0 Å². The van der Waals surface area contributed by atoms with E-state index >= 15 is 0 Å². The lowest BCUT2D eigenvalue weighted by atomic mass is 10.1. The van der Waals surface area contributed by atoms with Crippen molar-refractivity contribution in [3.05, 3.63) is 114 Å². The largest absolute Gasteiger partial charge is 0.394 e. The fourth-order valence-electron chi connectivity index (χ4n) is 3.93. The van der Waals surface area contributed by atoms with Gasteiger partial charge in [0.25, 0.3) is 11.8 Å². The molecule has 0 fully saturated rings. The number of benzene rings is 4. The molecule has 4 rings (SSSR count). The van der Waals surface area contributed by atoms with Crippen LogP contribution in [0.15, 0.2) is 60.7 Å². The fourth-order valence-corrected chi connectivity index (χ4v) is 4.84. The Balaban J connectivity index is 0.000000281. The van der Waals surface area contributed by atoms with Crippen LogP contribution in [0.5, 0.6) is 0 Å². The topological polar surface area (TPSA) is 150 Å². The van der Waals surface area contributed by atoms with Gasteiger partial charge >= 0.3 is 0 Å². The molecule has 0 aliphatic carbocycles. The van der Waals surface area contributed by atoms with Crippen LogP contribution in [-0.4, -0.2) is 61.7 Å². The number of hydrogen-bond donors (Lipinski definition) is 6. The molecular weight excluding hydrogens is 932 g/mol. The Kier molecular flexibility index (Phi) is 17.3. The Labute approximate surface area is 320 Å². The molecule has 0 aliphatic rings. The molecule has 0 saturated heterocycles. The second-order valence-corrected chi connectivity index (χ2v) is 12.7. The minimum atomic E-state index is -1.35. The summed E-state index contributed by atoms with van der Waals surface area (Å²) >= 11 is 3.80. The van der Waals surface area contributed by atoms with Gasteiger partial charge in [-0.3, -0.25) is 19.3 Å². The van der Waals surface area contributed by atoms with Crippen molar-refractivity contribution in [3.8, 4) is 0 Å². The molecule has 0 spiro atoms. The van der Waals surface area contributed by atoms with Gasteiger partial charge < -0.3 is 25.6 Å². The third kappa shape index (κ3) is 12.4. The van der Waals surface area contributed by atoms with E-state index in [2.05, 4.69) is 16.1 Å². The number of hydroxylamine groups is 2. The monoisotopic (exact) mass is 962 g/mol. The highest BCUT2D eigenvalue weighted by Gasteiger charge is 2.22. The minimum Gasteiger partial charge on any atom is -0.394 e. The number of carbonyl (C=O) groups excluding carboxylic acids is 2. The lowest BCUT2D eigenvalue weighted by Gasteiger charge is -2.14. The fraction of sp³-hybridized carbons (Fsp3) is 0.212. The van der Waals surface area contributed by atoms with Crippen LogP contribution in [0, 0.1) is 42.0 Å². The number of halogens is 8. The molecular formula is C33H30F6I2N4O7. The van der Waals surface area contributed by atoms with Crippen LogP contribution in [-0.2, 0) is 14.4 Å². The summed E-state index contributed by atoms with van der Waals surface area (Å²) in [5.74, 6) is -8.13. The first-order valence-corrected chi connectivity index (χ1v) is 16.9. The van der Waals surface area contributed by atoms with Crippen molar-refractivity contribution in [1.29, 1.82) is 0 Å². The maximum Gasteiger partial charge on any atom is 0.277 e. The molecule has 6 N–H and O–H groups in total. The standard InChI is InChI=1S/C17H16F3IN2O4.C16H14F3IN2O3/c18-12-3-2-11(17(26)23-27-6-5-10(25)8-24)16(15(12)20)22-14-4-1-9(21)7-13(14)19;1-24-6-7-25-22-16(23)10-3-4-11(17)14(19)15(10)21-13-5-2-9(20)8-12(13)18/h1-4,7,10,22,24-25H,5-6,8H2,(H,23,26);2-5,8,21H,6-7H2,1H3,(H,22,23). The average Bonchev–Trinajstić information content (AvgIpc) is 3.11. The minimum absolute atomic E-state index is 0.0491. The van der Waals surface area contributed by atoms with Gasteiger partial charge in [0.15, 0.2) is 23.3 Å². The first-order chi connectivity index (χ1) is 24.8. The molecule has 4 aromatic rings. The third-order valence-electron chi connectivity index (χ3n) is 6.54.